The summed E-state index contributed by atoms with van der Waals surface area (Å²) in [4.78, 5) is 14.2. The van der Waals surface area contributed by atoms with Crippen LogP contribution in [0.3, 0.4) is 0 Å². The van der Waals surface area contributed by atoms with Crippen molar-refractivity contribution in [2.45, 2.75) is 38.7 Å². The average molecular weight is 296 g/mol. The molecule has 1 atom stereocenters. The Labute approximate surface area is 125 Å². The second kappa shape index (κ2) is 6.15. The molecule has 0 bridgehead atoms. The molecule has 0 saturated carbocycles. The third-order valence-electron chi connectivity index (χ3n) is 4.02. The summed E-state index contributed by atoms with van der Waals surface area (Å²) < 4.78 is 0. The van der Waals surface area contributed by atoms with Crippen LogP contribution in [-0.2, 0) is 11.2 Å². The second-order valence-electron chi connectivity index (χ2n) is 6.14. The Morgan fingerprint density at radius 3 is 2.90 bits per heavy atom. The number of rotatable bonds is 3. The maximum absolute atomic E-state index is 12.4. The van der Waals surface area contributed by atoms with E-state index in [1.807, 2.05) is 36.9 Å². The summed E-state index contributed by atoms with van der Waals surface area (Å²) in [5, 5.41) is 10.8. The van der Waals surface area contributed by atoms with Crippen LogP contribution in [0.25, 0.3) is 0 Å². The molecule has 0 aromatic heterocycles. The summed E-state index contributed by atoms with van der Waals surface area (Å²) in [6.45, 7) is 5.07. The molecule has 0 radical (unpaired) electrons. The topological polar surface area (TPSA) is 40.5 Å². The van der Waals surface area contributed by atoms with Crippen LogP contribution in [0.2, 0.25) is 5.02 Å². The number of carbonyl (C=O) groups is 1. The quantitative estimate of drug-likeness (QED) is 0.931. The van der Waals surface area contributed by atoms with Gasteiger partial charge in [-0.1, -0.05) is 23.7 Å². The number of amides is 1. The van der Waals surface area contributed by atoms with Crippen LogP contribution in [0, 0.1) is 5.92 Å². The average Bonchev–Trinajstić information content (AvgIpc) is 2.38. The van der Waals surface area contributed by atoms with Gasteiger partial charge in [0.2, 0.25) is 5.91 Å². The summed E-state index contributed by atoms with van der Waals surface area (Å²) in [5.74, 6) is 0.265. The first kappa shape index (κ1) is 15.3. The van der Waals surface area contributed by atoms with Gasteiger partial charge < -0.3 is 10.0 Å². The Bertz CT molecular complexity index is 482. The van der Waals surface area contributed by atoms with Crippen LogP contribution in [0.1, 0.15) is 32.3 Å². The fraction of sp³-hybridized carbons (Fsp3) is 0.562. The lowest BCUT2D eigenvalue weighted by Crippen LogP contribution is -2.47. The van der Waals surface area contributed by atoms with E-state index in [2.05, 4.69) is 0 Å². The van der Waals surface area contributed by atoms with Crippen molar-refractivity contribution >= 4 is 17.5 Å². The van der Waals surface area contributed by atoms with E-state index in [9.17, 15) is 9.90 Å². The highest BCUT2D eigenvalue weighted by molar-refractivity contribution is 6.30. The zero-order chi connectivity index (χ0) is 14.8. The molecular formula is C16H22ClNO2. The van der Waals surface area contributed by atoms with E-state index in [0.29, 0.717) is 18.0 Å². The van der Waals surface area contributed by atoms with E-state index in [0.717, 1.165) is 24.9 Å². The fourth-order valence-corrected chi connectivity index (χ4v) is 2.93. The summed E-state index contributed by atoms with van der Waals surface area (Å²) in [7, 11) is 0. The van der Waals surface area contributed by atoms with Crippen molar-refractivity contribution in [2.75, 3.05) is 13.1 Å². The highest BCUT2D eigenvalue weighted by Gasteiger charge is 2.32. The van der Waals surface area contributed by atoms with E-state index >= 15 is 0 Å². The van der Waals surface area contributed by atoms with Crippen molar-refractivity contribution in [3.8, 4) is 0 Å². The minimum absolute atomic E-state index is 0.112. The normalized spacial score (nSPS) is 20.0. The molecule has 0 unspecified atom stereocenters. The molecule has 110 valence electrons. The highest BCUT2D eigenvalue weighted by Crippen LogP contribution is 2.27. The van der Waals surface area contributed by atoms with Gasteiger partial charge in [0, 0.05) is 24.0 Å². The lowest BCUT2D eigenvalue weighted by molar-refractivity contribution is -0.134. The summed E-state index contributed by atoms with van der Waals surface area (Å²) in [6, 6.07) is 7.42. The van der Waals surface area contributed by atoms with Gasteiger partial charge in [-0.15, -0.1) is 0 Å². The second-order valence-corrected chi connectivity index (χ2v) is 6.58. The summed E-state index contributed by atoms with van der Waals surface area (Å²) in [5.41, 5.74) is 0.211. The minimum atomic E-state index is -0.727. The van der Waals surface area contributed by atoms with Crippen molar-refractivity contribution < 1.29 is 9.90 Å². The lowest BCUT2D eigenvalue weighted by atomic mass is 9.84. The third-order valence-corrected chi connectivity index (χ3v) is 4.25. The molecule has 3 nitrogen and oxygen atoms in total. The van der Waals surface area contributed by atoms with Gasteiger partial charge in [-0.3, -0.25) is 4.79 Å². The first-order chi connectivity index (χ1) is 9.36. The molecular weight excluding hydrogens is 274 g/mol. The number of halogens is 1. The number of benzene rings is 1. The molecule has 4 heteroatoms. The summed E-state index contributed by atoms with van der Waals surface area (Å²) >= 11 is 5.94. The molecule has 20 heavy (non-hydrogen) atoms. The molecule has 1 aromatic rings. The largest absolute Gasteiger partial charge is 0.390 e. The molecule has 0 spiro atoms. The van der Waals surface area contributed by atoms with Crippen molar-refractivity contribution in [1.82, 2.24) is 4.90 Å². The van der Waals surface area contributed by atoms with Crippen LogP contribution >= 0.6 is 11.6 Å². The van der Waals surface area contributed by atoms with Gasteiger partial charge in [0.25, 0.3) is 0 Å². The predicted molar refractivity (Wildman–Crippen MR) is 80.8 cm³/mol. The number of piperidine rings is 1. The zero-order valence-electron chi connectivity index (χ0n) is 12.1. The zero-order valence-corrected chi connectivity index (χ0v) is 12.9. The fourth-order valence-electron chi connectivity index (χ4n) is 2.71. The summed E-state index contributed by atoms with van der Waals surface area (Å²) in [6.07, 6.45) is 2.31. The standard InChI is InChI=1S/C16H22ClNO2/c1-16(2,20)13-6-4-8-18(11-13)15(19)10-12-5-3-7-14(17)9-12/h3,5,7,9,13,20H,4,6,8,10-11H2,1-2H3/t13-/m1/s1. The monoisotopic (exact) mass is 295 g/mol. The first-order valence-corrected chi connectivity index (χ1v) is 7.48. The van der Waals surface area contributed by atoms with Crippen LogP contribution in [-0.4, -0.2) is 34.6 Å². The number of nitrogens with zero attached hydrogens (tertiary/aromatic N) is 1. The van der Waals surface area contributed by atoms with Gasteiger partial charge in [0.05, 0.1) is 12.0 Å². The van der Waals surface area contributed by atoms with E-state index < -0.39 is 5.60 Å². The smallest absolute Gasteiger partial charge is 0.227 e. The predicted octanol–water partition coefficient (Wildman–Crippen LogP) is 2.89. The lowest BCUT2D eigenvalue weighted by Gasteiger charge is -2.38. The number of likely N-dealkylation sites (tertiary alicyclic amines) is 1. The van der Waals surface area contributed by atoms with Crippen molar-refractivity contribution in [1.29, 1.82) is 0 Å². The van der Waals surface area contributed by atoms with Gasteiger partial charge in [0.1, 0.15) is 0 Å². The van der Waals surface area contributed by atoms with Crippen molar-refractivity contribution in [3.63, 3.8) is 0 Å². The van der Waals surface area contributed by atoms with E-state index in [1.54, 1.807) is 6.07 Å². The van der Waals surface area contributed by atoms with Crippen LogP contribution in [0.15, 0.2) is 24.3 Å². The highest BCUT2D eigenvalue weighted by atomic mass is 35.5. The van der Waals surface area contributed by atoms with E-state index in [4.69, 9.17) is 11.6 Å². The Balaban J connectivity index is 1.99. The van der Waals surface area contributed by atoms with E-state index in [1.165, 1.54) is 0 Å². The Morgan fingerprint density at radius 2 is 2.25 bits per heavy atom. The first-order valence-electron chi connectivity index (χ1n) is 7.11. The number of carbonyl (C=O) groups excluding carboxylic acids is 1. The van der Waals surface area contributed by atoms with Crippen LogP contribution < -0.4 is 0 Å². The molecule has 1 aliphatic heterocycles. The molecule has 1 aromatic carbocycles. The Hall–Kier alpha value is -1.06. The molecule has 1 amide bonds. The molecule has 2 rings (SSSR count). The SMILES string of the molecule is CC(C)(O)[C@@H]1CCCN(C(=O)Cc2cccc(Cl)c2)C1. The Morgan fingerprint density at radius 1 is 1.50 bits per heavy atom. The number of hydrogen-bond donors (Lipinski definition) is 1. The van der Waals surface area contributed by atoms with Crippen molar-refractivity contribution in [2.24, 2.45) is 5.92 Å². The molecule has 1 aliphatic rings. The van der Waals surface area contributed by atoms with Crippen LogP contribution in [0.5, 0.6) is 0 Å². The molecule has 1 N–H and O–H groups in total. The van der Waals surface area contributed by atoms with Gasteiger partial charge >= 0.3 is 0 Å². The van der Waals surface area contributed by atoms with Gasteiger partial charge in [-0.2, -0.15) is 0 Å². The van der Waals surface area contributed by atoms with Gasteiger partial charge in [-0.05, 0) is 44.4 Å². The van der Waals surface area contributed by atoms with E-state index in [-0.39, 0.29) is 11.8 Å². The minimum Gasteiger partial charge on any atom is -0.390 e. The van der Waals surface area contributed by atoms with Gasteiger partial charge in [-0.25, -0.2) is 0 Å². The molecule has 1 saturated heterocycles. The van der Waals surface area contributed by atoms with Gasteiger partial charge in [0.15, 0.2) is 0 Å². The molecule has 0 aliphatic carbocycles. The molecule has 1 heterocycles. The maximum Gasteiger partial charge on any atom is 0.227 e. The Kier molecular flexibility index (Phi) is 4.71. The maximum atomic E-state index is 12.4. The van der Waals surface area contributed by atoms with Crippen LogP contribution in [0.4, 0.5) is 0 Å². The number of aliphatic hydroxyl groups is 1. The number of hydrogen-bond acceptors (Lipinski definition) is 2. The third kappa shape index (κ3) is 3.97. The molecule has 1 fully saturated rings. The van der Waals surface area contributed by atoms with Crippen molar-refractivity contribution in [3.05, 3.63) is 34.9 Å².